The molecule has 1 amide bonds. The van der Waals surface area contributed by atoms with E-state index in [0.29, 0.717) is 13.0 Å². The zero-order valence-electron chi connectivity index (χ0n) is 13.9. The Morgan fingerprint density at radius 3 is 2.74 bits per heavy atom. The van der Waals surface area contributed by atoms with Gasteiger partial charge in [-0.2, -0.15) is 0 Å². The van der Waals surface area contributed by atoms with Crippen molar-refractivity contribution in [3.8, 4) is 0 Å². The fourth-order valence-electron chi connectivity index (χ4n) is 3.41. The minimum absolute atomic E-state index is 0.0543. The van der Waals surface area contributed by atoms with E-state index in [4.69, 9.17) is 0 Å². The average Bonchev–Trinajstić information content (AvgIpc) is 3.07. The van der Waals surface area contributed by atoms with Crippen LogP contribution < -0.4 is 10.9 Å². The number of hydrogen-bond donors (Lipinski definition) is 2. The summed E-state index contributed by atoms with van der Waals surface area (Å²) in [7, 11) is 0. The normalized spacial score (nSPS) is 15.2. The summed E-state index contributed by atoms with van der Waals surface area (Å²) in [5.74, 6) is 0.321. The van der Waals surface area contributed by atoms with Crippen molar-refractivity contribution in [1.29, 1.82) is 0 Å². The molecule has 0 radical (unpaired) electrons. The largest absolute Gasteiger partial charge is 0.356 e. The molecule has 1 aliphatic carbocycles. The molecule has 1 fully saturated rings. The molecule has 0 unspecified atom stereocenters. The SMILES string of the molecule is Cc1ccc2cc(CCNC(=O)C3CCCC3)c(=O)[nH]c2c1C. The van der Waals surface area contributed by atoms with E-state index in [1.165, 1.54) is 5.56 Å². The number of aromatic nitrogens is 1. The minimum atomic E-state index is -0.0543. The number of pyridine rings is 1. The van der Waals surface area contributed by atoms with E-state index in [0.717, 1.165) is 47.7 Å². The molecule has 1 aliphatic rings. The summed E-state index contributed by atoms with van der Waals surface area (Å²) in [6.07, 6.45) is 4.88. The van der Waals surface area contributed by atoms with Gasteiger partial charge in [0.25, 0.3) is 5.56 Å². The molecule has 23 heavy (non-hydrogen) atoms. The molecule has 4 heteroatoms. The average molecular weight is 312 g/mol. The highest BCUT2D eigenvalue weighted by Crippen LogP contribution is 2.24. The third kappa shape index (κ3) is 3.31. The summed E-state index contributed by atoms with van der Waals surface area (Å²) in [5, 5.41) is 4.02. The molecule has 0 saturated heterocycles. The lowest BCUT2D eigenvalue weighted by atomic mass is 10.0. The first-order valence-electron chi connectivity index (χ1n) is 8.46. The van der Waals surface area contributed by atoms with Crippen LogP contribution in [-0.4, -0.2) is 17.4 Å². The van der Waals surface area contributed by atoms with Gasteiger partial charge in [-0.3, -0.25) is 9.59 Å². The molecule has 0 spiro atoms. The van der Waals surface area contributed by atoms with Crippen molar-refractivity contribution < 1.29 is 4.79 Å². The van der Waals surface area contributed by atoms with Gasteiger partial charge in [0.15, 0.2) is 0 Å². The number of nitrogens with one attached hydrogen (secondary N) is 2. The van der Waals surface area contributed by atoms with Crippen molar-refractivity contribution in [2.24, 2.45) is 5.92 Å². The number of carbonyl (C=O) groups excluding carboxylic acids is 1. The second-order valence-electron chi connectivity index (χ2n) is 6.62. The molecule has 0 bridgehead atoms. The lowest BCUT2D eigenvalue weighted by Gasteiger charge is -2.11. The summed E-state index contributed by atoms with van der Waals surface area (Å²) in [6, 6.07) is 6.05. The van der Waals surface area contributed by atoms with Crippen LogP contribution in [0.3, 0.4) is 0 Å². The van der Waals surface area contributed by atoms with E-state index in [1.54, 1.807) is 0 Å². The van der Waals surface area contributed by atoms with Gasteiger partial charge in [0.1, 0.15) is 0 Å². The maximum Gasteiger partial charge on any atom is 0.251 e. The van der Waals surface area contributed by atoms with Gasteiger partial charge < -0.3 is 10.3 Å². The second kappa shape index (κ2) is 6.57. The highest BCUT2D eigenvalue weighted by molar-refractivity contribution is 5.83. The number of aromatic amines is 1. The zero-order valence-corrected chi connectivity index (χ0v) is 13.9. The van der Waals surface area contributed by atoms with Crippen molar-refractivity contribution in [1.82, 2.24) is 10.3 Å². The molecule has 0 atom stereocenters. The number of H-pyrrole nitrogens is 1. The summed E-state index contributed by atoms with van der Waals surface area (Å²) >= 11 is 0. The molecule has 2 N–H and O–H groups in total. The summed E-state index contributed by atoms with van der Waals surface area (Å²) < 4.78 is 0. The third-order valence-electron chi connectivity index (χ3n) is 5.05. The van der Waals surface area contributed by atoms with Crippen LogP contribution in [0.4, 0.5) is 0 Å². The number of fused-ring (bicyclic) bond motifs is 1. The Morgan fingerprint density at radius 2 is 2.00 bits per heavy atom. The number of hydrogen-bond acceptors (Lipinski definition) is 2. The number of benzene rings is 1. The van der Waals surface area contributed by atoms with Gasteiger partial charge in [-0.25, -0.2) is 0 Å². The number of rotatable bonds is 4. The molecular weight excluding hydrogens is 288 g/mol. The van der Waals surface area contributed by atoms with Gasteiger partial charge in [-0.15, -0.1) is 0 Å². The number of aryl methyl sites for hydroxylation is 2. The van der Waals surface area contributed by atoms with E-state index in [9.17, 15) is 9.59 Å². The standard InChI is InChI=1S/C19H24N2O2/c1-12-7-8-15-11-16(19(23)21-17(15)13(12)2)9-10-20-18(22)14-5-3-4-6-14/h7-8,11,14H,3-6,9-10H2,1-2H3,(H,20,22)(H,21,23). The Hall–Kier alpha value is -2.10. The van der Waals surface area contributed by atoms with Gasteiger partial charge in [0.05, 0.1) is 5.52 Å². The van der Waals surface area contributed by atoms with Crippen LogP contribution in [0.5, 0.6) is 0 Å². The highest BCUT2D eigenvalue weighted by atomic mass is 16.2. The van der Waals surface area contributed by atoms with Crippen LogP contribution in [0.25, 0.3) is 10.9 Å². The van der Waals surface area contributed by atoms with Gasteiger partial charge in [-0.1, -0.05) is 25.0 Å². The fraction of sp³-hybridized carbons (Fsp3) is 0.474. The maximum atomic E-state index is 12.3. The summed E-state index contributed by atoms with van der Waals surface area (Å²) in [5.41, 5.74) is 3.87. The Kier molecular flexibility index (Phi) is 4.51. The smallest absolute Gasteiger partial charge is 0.251 e. The van der Waals surface area contributed by atoms with Gasteiger partial charge in [0.2, 0.25) is 5.91 Å². The molecule has 1 aromatic carbocycles. The lowest BCUT2D eigenvalue weighted by molar-refractivity contribution is -0.124. The molecule has 3 rings (SSSR count). The van der Waals surface area contributed by atoms with Gasteiger partial charge in [0, 0.05) is 18.0 Å². The topological polar surface area (TPSA) is 62.0 Å². The van der Waals surface area contributed by atoms with Crippen LogP contribution in [-0.2, 0) is 11.2 Å². The summed E-state index contributed by atoms with van der Waals surface area (Å²) in [6.45, 7) is 4.59. The van der Waals surface area contributed by atoms with E-state index in [-0.39, 0.29) is 17.4 Å². The predicted molar refractivity (Wildman–Crippen MR) is 92.7 cm³/mol. The van der Waals surface area contributed by atoms with Crippen LogP contribution in [0.2, 0.25) is 0 Å². The van der Waals surface area contributed by atoms with Gasteiger partial charge >= 0.3 is 0 Å². The van der Waals surface area contributed by atoms with Crippen LogP contribution in [0.15, 0.2) is 23.0 Å². The first kappa shape index (κ1) is 15.8. The Morgan fingerprint density at radius 1 is 1.26 bits per heavy atom. The van der Waals surface area contributed by atoms with E-state index < -0.39 is 0 Å². The molecule has 122 valence electrons. The Labute approximate surface area is 136 Å². The molecule has 1 heterocycles. The quantitative estimate of drug-likeness (QED) is 0.911. The predicted octanol–water partition coefficient (Wildman–Crippen LogP) is 2.99. The first-order chi connectivity index (χ1) is 11.1. The molecule has 0 aliphatic heterocycles. The number of carbonyl (C=O) groups is 1. The van der Waals surface area contributed by atoms with Crippen molar-refractivity contribution >= 4 is 16.8 Å². The van der Waals surface area contributed by atoms with E-state index >= 15 is 0 Å². The lowest BCUT2D eigenvalue weighted by Crippen LogP contribution is -2.31. The van der Waals surface area contributed by atoms with Crippen LogP contribution in [0.1, 0.15) is 42.4 Å². The Balaban J connectivity index is 1.70. The molecular formula is C19H24N2O2. The second-order valence-corrected chi connectivity index (χ2v) is 6.62. The van der Waals surface area contributed by atoms with Crippen molar-refractivity contribution in [2.45, 2.75) is 46.0 Å². The maximum absolute atomic E-state index is 12.3. The molecule has 4 nitrogen and oxygen atoms in total. The van der Waals surface area contributed by atoms with E-state index in [2.05, 4.69) is 16.4 Å². The minimum Gasteiger partial charge on any atom is -0.356 e. The van der Waals surface area contributed by atoms with Gasteiger partial charge in [-0.05, 0) is 55.7 Å². The number of amides is 1. The molecule has 1 aromatic heterocycles. The Bertz CT molecular complexity index is 786. The molecule has 1 saturated carbocycles. The van der Waals surface area contributed by atoms with Crippen LogP contribution >= 0.6 is 0 Å². The van der Waals surface area contributed by atoms with Crippen LogP contribution in [0, 0.1) is 19.8 Å². The first-order valence-corrected chi connectivity index (χ1v) is 8.46. The summed E-state index contributed by atoms with van der Waals surface area (Å²) in [4.78, 5) is 27.3. The van der Waals surface area contributed by atoms with Crippen molar-refractivity contribution in [2.75, 3.05) is 6.54 Å². The monoisotopic (exact) mass is 312 g/mol. The van der Waals surface area contributed by atoms with Crippen molar-refractivity contribution in [3.63, 3.8) is 0 Å². The van der Waals surface area contributed by atoms with Crippen molar-refractivity contribution in [3.05, 3.63) is 45.2 Å². The zero-order chi connectivity index (χ0) is 16.4. The fourth-order valence-corrected chi connectivity index (χ4v) is 3.41. The third-order valence-corrected chi connectivity index (χ3v) is 5.05. The molecule has 2 aromatic rings. The van der Waals surface area contributed by atoms with E-state index in [1.807, 2.05) is 26.0 Å². The highest BCUT2D eigenvalue weighted by Gasteiger charge is 2.22.